The molecule has 3 heteroatoms. The molecule has 0 amide bonds. The Labute approximate surface area is 110 Å². The summed E-state index contributed by atoms with van der Waals surface area (Å²) in [5.41, 5.74) is 0. The van der Waals surface area contributed by atoms with E-state index < -0.39 is 5.97 Å². The molecule has 2 N–H and O–H groups in total. The van der Waals surface area contributed by atoms with Crippen LogP contribution in [0.5, 0.6) is 0 Å². The van der Waals surface area contributed by atoms with E-state index in [9.17, 15) is 9.90 Å². The molecule has 3 nitrogen and oxygen atoms in total. The topological polar surface area (TPSA) is 49.3 Å². The number of carbonyl (C=O) groups is 1. The van der Waals surface area contributed by atoms with Crippen LogP contribution in [0.3, 0.4) is 0 Å². The van der Waals surface area contributed by atoms with Crippen LogP contribution in [0.15, 0.2) is 0 Å². The molecule has 2 rings (SSSR count). The highest BCUT2D eigenvalue weighted by Crippen LogP contribution is 2.33. The molecule has 2 aliphatic carbocycles. The van der Waals surface area contributed by atoms with Gasteiger partial charge in [0, 0.05) is 6.04 Å². The van der Waals surface area contributed by atoms with Gasteiger partial charge in [-0.25, -0.2) is 0 Å². The number of hydrogen-bond acceptors (Lipinski definition) is 2. The van der Waals surface area contributed by atoms with Crippen LogP contribution in [0.25, 0.3) is 0 Å². The van der Waals surface area contributed by atoms with Gasteiger partial charge < -0.3 is 10.4 Å². The van der Waals surface area contributed by atoms with E-state index in [-0.39, 0.29) is 5.92 Å². The zero-order valence-electron chi connectivity index (χ0n) is 11.7. The summed E-state index contributed by atoms with van der Waals surface area (Å²) in [5.74, 6) is 1.18. The Balaban J connectivity index is 1.82. The lowest BCUT2D eigenvalue weighted by Gasteiger charge is -2.35. The third-order valence-electron chi connectivity index (χ3n) is 5.33. The second-order valence-corrected chi connectivity index (χ2v) is 6.42. The molecule has 0 radical (unpaired) electrons. The van der Waals surface area contributed by atoms with Gasteiger partial charge in [-0.3, -0.25) is 4.79 Å². The lowest BCUT2D eigenvalue weighted by atomic mass is 9.78. The van der Waals surface area contributed by atoms with Crippen LogP contribution in [-0.2, 0) is 4.79 Å². The molecular formula is C15H27NO2. The molecule has 0 bridgehead atoms. The van der Waals surface area contributed by atoms with Crippen molar-refractivity contribution in [1.29, 1.82) is 0 Å². The predicted molar refractivity (Wildman–Crippen MR) is 72.4 cm³/mol. The summed E-state index contributed by atoms with van der Waals surface area (Å²) in [5, 5.41) is 12.9. The summed E-state index contributed by atoms with van der Waals surface area (Å²) in [6, 6.07) is 0.601. The Morgan fingerprint density at radius 2 is 1.89 bits per heavy atom. The van der Waals surface area contributed by atoms with Crippen LogP contribution in [0.2, 0.25) is 0 Å². The van der Waals surface area contributed by atoms with Crippen molar-refractivity contribution in [3.05, 3.63) is 0 Å². The van der Waals surface area contributed by atoms with Crippen molar-refractivity contribution >= 4 is 5.97 Å². The van der Waals surface area contributed by atoms with Crippen molar-refractivity contribution in [3.63, 3.8) is 0 Å². The van der Waals surface area contributed by atoms with Crippen molar-refractivity contribution in [2.24, 2.45) is 23.7 Å². The number of carboxylic acid groups (broad SMARTS) is 1. The molecule has 2 saturated carbocycles. The number of aliphatic carboxylic acids is 1. The van der Waals surface area contributed by atoms with E-state index in [0.29, 0.717) is 12.0 Å². The normalized spacial score (nSPS) is 40.9. The number of rotatable bonds is 4. The summed E-state index contributed by atoms with van der Waals surface area (Å²) in [4.78, 5) is 11.2. The molecule has 0 aromatic rings. The van der Waals surface area contributed by atoms with Gasteiger partial charge in [0.25, 0.3) is 0 Å². The van der Waals surface area contributed by atoms with Crippen LogP contribution in [0.1, 0.15) is 52.4 Å². The highest BCUT2D eigenvalue weighted by molar-refractivity contribution is 5.70. The fourth-order valence-electron chi connectivity index (χ4n) is 3.78. The summed E-state index contributed by atoms with van der Waals surface area (Å²) in [6.45, 7) is 5.58. The Hall–Kier alpha value is -0.570. The summed E-state index contributed by atoms with van der Waals surface area (Å²) in [6.07, 6.45) is 6.96. The molecule has 2 fully saturated rings. The Morgan fingerprint density at radius 1 is 1.17 bits per heavy atom. The van der Waals surface area contributed by atoms with Gasteiger partial charge in [0.15, 0.2) is 0 Å². The van der Waals surface area contributed by atoms with Gasteiger partial charge in [-0.1, -0.05) is 33.1 Å². The highest BCUT2D eigenvalue weighted by atomic mass is 16.4. The van der Waals surface area contributed by atoms with E-state index in [1.54, 1.807) is 0 Å². The van der Waals surface area contributed by atoms with Gasteiger partial charge in [-0.2, -0.15) is 0 Å². The lowest BCUT2D eigenvalue weighted by Crippen LogP contribution is -2.43. The van der Waals surface area contributed by atoms with Gasteiger partial charge in [0.2, 0.25) is 0 Å². The minimum Gasteiger partial charge on any atom is -0.481 e. The molecule has 0 saturated heterocycles. The van der Waals surface area contributed by atoms with Crippen LogP contribution in [-0.4, -0.2) is 23.7 Å². The quantitative estimate of drug-likeness (QED) is 0.810. The average molecular weight is 253 g/mol. The second-order valence-electron chi connectivity index (χ2n) is 6.42. The first-order valence-corrected chi connectivity index (χ1v) is 7.55. The zero-order chi connectivity index (χ0) is 13.1. The molecule has 0 heterocycles. The smallest absolute Gasteiger partial charge is 0.306 e. The minimum atomic E-state index is -0.593. The molecule has 5 unspecified atom stereocenters. The average Bonchev–Trinajstić information content (AvgIpc) is 2.79. The number of carboxylic acids is 1. The van der Waals surface area contributed by atoms with Gasteiger partial charge in [0.05, 0.1) is 5.92 Å². The van der Waals surface area contributed by atoms with E-state index in [4.69, 9.17) is 0 Å². The van der Waals surface area contributed by atoms with Gasteiger partial charge >= 0.3 is 5.97 Å². The minimum absolute atomic E-state index is 0.103. The van der Waals surface area contributed by atoms with E-state index in [1.165, 1.54) is 19.3 Å². The fourth-order valence-corrected chi connectivity index (χ4v) is 3.78. The largest absolute Gasteiger partial charge is 0.481 e. The Morgan fingerprint density at radius 3 is 2.61 bits per heavy atom. The fraction of sp³-hybridized carbons (Fsp3) is 0.933. The molecule has 0 aromatic carbocycles. The molecule has 104 valence electrons. The summed E-state index contributed by atoms with van der Waals surface area (Å²) >= 11 is 0. The predicted octanol–water partition coefficient (Wildman–Crippen LogP) is 2.90. The van der Waals surface area contributed by atoms with Crippen LogP contribution < -0.4 is 5.32 Å². The monoisotopic (exact) mass is 253 g/mol. The van der Waals surface area contributed by atoms with Crippen LogP contribution in [0, 0.1) is 23.7 Å². The van der Waals surface area contributed by atoms with E-state index in [1.807, 2.05) is 0 Å². The standard InChI is InChI=1S/C15H27NO2/c1-10-5-3-8-14(11(10)2)16-9-12-6-4-7-13(12)15(17)18/h10-14,16H,3-9H2,1-2H3,(H,17,18). The maximum Gasteiger partial charge on any atom is 0.306 e. The molecule has 0 aliphatic heterocycles. The molecular weight excluding hydrogens is 226 g/mol. The highest BCUT2D eigenvalue weighted by Gasteiger charge is 2.34. The van der Waals surface area contributed by atoms with E-state index in [2.05, 4.69) is 19.2 Å². The lowest BCUT2D eigenvalue weighted by molar-refractivity contribution is -0.142. The van der Waals surface area contributed by atoms with Gasteiger partial charge in [0.1, 0.15) is 0 Å². The third-order valence-corrected chi connectivity index (χ3v) is 5.33. The first kappa shape index (κ1) is 13.9. The van der Waals surface area contributed by atoms with Crippen molar-refractivity contribution in [2.75, 3.05) is 6.54 Å². The number of hydrogen-bond donors (Lipinski definition) is 2. The van der Waals surface area contributed by atoms with Crippen molar-refractivity contribution in [2.45, 2.75) is 58.4 Å². The van der Waals surface area contributed by atoms with Crippen LogP contribution >= 0.6 is 0 Å². The third kappa shape index (κ3) is 3.05. The van der Waals surface area contributed by atoms with Crippen LogP contribution in [0.4, 0.5) is 0 Å². The van der Waals surface area contributed by atoms with E-state index >= 15 is 0 Å². The first-order valence-electron chi connectivity index (χ1n) is 7.55. The zero-order valence-corrected chi connectivity index (χ0v) is 11.7. The van der Waals surface area contributed by atoms with Crippen molar-refractivity contribution < 1.29 is 9.90 Å². The summed E-state index contributed by atoms with van der Waals surface area (Å²) < 4.78 is 0. The molecule has 5 atom stereocenters. The SMILES string of the molecule is CC1CCCC(NCC2CCCC2C(=O)O)C1C. The van der Waals surface area contributed by atoms with Gasteiger partial charge in [-0.05, 0) is 43.6 Å². The molecule has 0 aromatic heterocycles. The van der Waals surface area contributed by atoms with Crippen molar-refractivity contribution in [3.8, 4) is 0 Å². The first-order chi connectivity index (χ1) is 8.59. The molecule has 18 heavy (non-hydrogen) atoms. The Kier molecular flexibility index (Phi) is 4.66. The molecule has 0 spiro atoms. The number of nitrogens with one attached hydrogen (secondary N) is 1. The second kappa shape index (κ2) is 6.05. The summed E-state index contributed by atoms with van der Waals surface area (Å²) in [7, 11) is 0. The maximum atomic E-state index is 11.2. The molecule has 2 aliphatic rings. The van der Waals surface area contributed by atoms with Crippen molar-refractivity contribution in [1.82, 2.24) is 5.32 Å². The van der Waals surface area contributed by atoms with Gasteiger partial charge in [-0.15, -0.1) is 0 Å². The Bertz CT molecular complexity index is 292. The van der Waals surface area contributed by atoms with E-state index in [0.717, 1.165) is 37.6 Å². The maximum absolute atomic E-state index is 11.2.